The van der Waals surface area contributed by atoms with E-state index in [1.54, 1.807) is 18.2 Å². The zero-order chi connectivity index (χ0) is 15.6. The van der Waals surface area contributed by atoms with Gasteiger partial charge in [0.25, 0.3) is 0 Å². The molecule has 1 aliphatic rings. The molecule has 1 aromatic carbocycles. The summed E-state index contributed by atoms with van der Waals surface area (Å²) in [6, 6.07) is 4.78. The average molecular weight is 313 g/mol. The molecule has 1 aliphatic heterocycles. The van der Waals surface area contributed by atoms with Crippen LogP contribution in [0.2, 0.25) is 0 Å². The van der Waals surface area contributed by atoms with E-state index in [-0.39, 0.29) is 23.6 Å². The molecule has 118 valence electrons. The Labute approximate surface area is 126 Å². The van der Waals surface area contributed by atoms with E-state index in [0.29, 0.717) is 25.1 Å². The molecule has 1 fully saturated rings. The molecule has 2 unspecified atom stereocenters. The van der Waals surface area contributed by atoms with E-state index in [2.05, 4.69) is 0 Å². The number of sulfonamides is 1. The third kappa shape index (κ3) is 3.29. The molecule has 1 heterocycles. The van der Waals surface area contributed by atoms with Gasteiger partial charge in [0.15, 0.2) is 0 Å². The van der Waals surface area contributed by atoms with E-state index >= 15 is 0 Å². The lowest BCUT2D eigenvalue weighted by molar-refractivity contribution is -0.0230. The number of aryl methyl sites for hydroxylation is 1. The molecule has 0 aliphatic carbocycles. The highest BCUT2D eigenvalue weighted by molar-refractivity contribution is 7.89. The second-order valence-corrected chi connectivity index (χ2v) is 7.42. The number of hydrogen-bond acceptors (Lipinski definition) is 4. The minimum Gasteiger partial charge on any atom is -0.392 e. The predicted molar refractivity (Wildman–Crippen MR) is 80.5 cm³/mol. The Hall–Kier alpha value is -0.950. The van der Waals surface area contributed by atoms with Crippen LogP contribution in [-0.2, 0) is 21.4 Å². The van der Waals surface area contributed by atoms with E-state index in [1.165, 1.54) is 4.31 Å². The number of rotatable bonds is 4. The molecule has 0 radical (unpaired) electrons. The molecular weight excluding hydrogens is 290 g/mol. The lowest BCUT2D eigenvalue weighted by Crippen LogP contribution is -2.51. The molecule has 1 N–H and O–H groups in total. The highest BCUT2D eigenvalue weighted by Gasteiger charge is 2.35. The molecule has 2 atom stereocenters. The molecule has 0 aromatic heterocycles. The quantitative estimate of drug-likeness (QED) is 0.918. The van der Waals surface area contributed by atoms with Crippen molar-refractivity contribution in [1.82, 2.24) is 4.31 Å². The minimum absolute atomic E-state index is 0.106. The van der Waals surface area contributed by atoms with Gasteiger partial charge in [-0.25, -0.2) is 8.42 Å². The van der Waals surface area contributed by atoms with E-state index in [0.717, 1.165) is 5.56 Å². The molecule has 21 heavy (non-hydrogen) atoms. The van der Waals surface area contributed by atoms with Crippen LogP contribution in [0.3, 0.4) is 0 Å². The van der Waals surface area contributed by atoms with Crippen LogP contribution in [-0.4, -0.2) is 43.1 Å². The van der Waals surface area contributed by atoms with Gasteiger partial charge in [-0.1, -0.05) is 13.0 Å². The first-order chi connectivity index (χ1) is 9.90. The van der Waals surface area contributed by atoms with Gasteiger partial charge >= 0.3 is 0 Å². The fraction of sp³-hybridized carbons (Fsp3) is 0.600. The second kappa shape index (κ2) is 6.44. The largest absolute Gasteiger partial charge is 0.392 e. The summed E-state index contributed by atoms with van der Waals surface area (Å²) in [5.74, 6) is 0. The van der Waals surface area contributed by atoms with Crippen molar-refractivity contribution in [3.05, 3.63) is 29.3 Å². The normalized spacial score (nSPS) is 24.2. The van der Waals surface area contributed by atoms with E-state index in [4.69, 9.17) is 4.74 Å². The Balaban J connectivity index is 2.40. The number of morpholine rings is 1. The van der Waals surface area contributed by atoms with E-state index < -0.39 is 10.0 Å². The van der Waals surface area contributed by atoms with E-state index in [9.17, 15) is 13.5 Å². The van der Waals surface area contributed by atoms with Crippen molar-refractivity contribution >= 4 is 10.0 Å². The third-order valence-electron chi connectivity index (χ3n) is 3.99. The van der Waals surface area contributed by atoms with Crippen LogP contribution >= 0.6 is 0 Å². The zero-order valence-corrected chi connectivity index (χ0v) is 13.6. The maximum absolute atomic E-state index is 12.9. The highest BCUT2D eigenvalue weighted by atomic mass is 32.2. The van der Waals surface area contributed by atoms with E-state index in [1.807, 2.05) is 20.8 Å². The molecule has 0 saturated carbocycles. The fourth-order valence-electron chi connectivity index (χ4n) is 2.54. The maximum atomic E-state index is 12.9. The van der Waals surface area contributed by atoms with Crippen molar-refractivity contribution in [2.24, 2.45) is 0 Å². The van der Waals surface area contributed by atoms with Crippen molar-refractivity contribution < 1.29 is 18.3 Å². The summed E-state index contributed by atoms with van der Waals surface area (Å²) in [7, 11) is -3.56. The average Bonchev–Trinajstić information content (AvgIpc) is 2.47. The Kier molecular flexibility index (Phi) is 5.03. The highest BCUT2D eigenvalue weighted by Crippen LogP contribution is 2.25. The van der Waals surface area contributed by atoms with Crippen molar-refractivity contribution in [3.63, 3.8) is 0 Å². The van der Waals surface area contributed by atoms with Crippen LogP contribution in [0.5, 0.6) is 0 Å². The summed E-state index contributed by atoms with van der Waals surface area (Å²) in [6.07, 6.45) is 0.607. The van der Waals surface area contributed by atoms with Crippen LogP contribution in [0.25, 0.3) is 0 Å². The van der Waals surface area contributed by atoms with Crippen molar-refractivity contribution in [2.45, 2.75) is 50.8 Å². The lowest BCUT2D eigenvalue weighted by atomic mass is 10.1. The zero-order valence-electron chi connectivity index (χ0n) is 12.7. The summed E-state index contributed by atoms with van der Waals surface area (Å²) in [5, 5.41) is 9.33. The fourth-order valence-corrected chi connectivity index (χ4v) is 4.35. The predicted octanol–water partition coefficient (Wildman–Crippen LogP) is 1.68. The molecule has 5 nitrogen and oxygen atoms in total. The number of hydrogen-bond donors (Lipinski definition) is 1. The monoisotopic (exact) mass is 313 g/mol. The van der Waals surface area contributed by atoms with Gasteiger partial charge < -0.3 is 9.84 Å². The number of benzene rings is 1. The molecule has 1 saturated heterocycles. The number of aliphatic hydroxyl groups is 1. The lowest BCUT2D eigenvalue weighted by Gasteiger charge is -2.37. The van der Waals surface area contributed by atoms with Gasteiger partial charge in [-0.15, -0.1) is 0 Å². The Morgan fingerprint density at radius 1 is 1.43 bits per heavy atom. The molecule has 0 spiro atoms. The molecule has 0 bridgehead atoms. The first-order valence-electron chi connectivity index (χ1n) is 7.24. The van der Waals surface area contributed by atoms with Gasteiger partial charge in [0.05, 0.1) is 24.2 Å². The second-order valence-electron chi connectivity index (χ2n) is 5.53. The van der Waals surface area contributed by atoms with Gasteiger partial charge in [0.2, 0.25) is 10.0 Å². The number of ether oxygens (including phenoxy) is 1. The molecule has 6 heteroatoms. The van der Waals surface area contributed by atoms with Gasteiger partial charge in [-0.05, 0) is 43.5 Å². The van der Waals surface area contributed by atoms with Crippen LogP contribution in [0.1, 0.15) is 31.4 Å². The molecule has 2 rings (SSSR count). The molecular formula is C15H23NO4S. The Bertz CT molecular complexity index is 600. The number of nitrogens with zero attached hydrogens (tertiary/aromatic N) is 1. The maximum Gasteiger partial charge on any atom is 0.243 e. The standard InChI is InChI=1S/C15H23NO4S/c1-4-14-10-20-12(3)8-16(14)21(18,19)15-6-5-11(2)13(7-15)9-17/h5-7,12,14,17H,4,8-10H2,1-3H3. The summed E-state index contributed by atoms with van der Waals surface area (Å²) in [6.45, 7) is 6.32. The van der Waals surface area contributed by atoms with Crippen LogP contribution < -0.4 is 0 Å². The van der Waals surface area contributed by atoms with Gasteiger partial charge in [0, 0.05) is 12.6 Å². The topological polar surface area (TPSA) is 66.8 Å². The van der Waals surface area contributed by atoms with Crippen molar-refractivity contribution in [3.8, 4) is 0 Å². The van der Waals surface area contributed by atoms with Crippen molar-refractivity contribution in [2.75, 3.05) is 13.2 Å². The summed E-state index contributed by atoms with van der Waals surface area (Å²) < 4.78 is 32.8. The van der Waals surface area contributed by atoms with Gasteiger partial charge in [-0.3, -0.25) is 0 Å². The minimum atomic E-state index is -3.56. The van der Waals surface area contributed by atoms with Gasteiger partial charge in [0.1, 0.15) is 0 Å². The molecule has 1 aromatic rings. The summed E-state index contributed by atoms with van der Waals surface area (Å²) in [5.41, 5.74) is 1.53. The first-order valence-corrected chi connectivity index (χ1v) is 8.68. The Morgan fingerprint density at radius 3 is 2.76 bits per heavy atom. The van der Waals surface area contributed by atoms with Crippen LogP contribution in [0.4, 0.5) is 0 Å². The summed E-state index contributed by atoms with van der Waals surface area (Å²) >= 11 is 0. The first kappa shape index (κ1) is 16.4. The SMILES string of the molecule is CCC1COC(C)CN1S(=O)(=O)c1ccc(C)c(CO)c1. The number of aliphatic hydroxyl groups excluding tert-OH is 1. The third-order valence-corrected chi connectivity index (χ3v) is 5.90. The summed E-state index contributed by atoms with van der Waals surface area (Å²) in [4.78, 5) is 0.240. The van der Waals surface area contributed by atoms with Crippen LogP contribution in [0, 0.1) is 6.92 Å². The van der Waals surface area contributed by atoms with Crippen LogP contribution in [0.15, 0.2) is 23.1 Å². The van der Waals surface area contributed by atoms with Gasteiger partial charge in [-0.2, -0.15) is 4.31 Å². The Morgan fingerprint density at radius 2 is 2.14 bits per heavy atom. The molecule has 0 amide bonds. The van der Waals surface area contributed by atoms with Crippen molar-refractivity contribution in [1.29, 1.82) is 0 Å². The smallest absolute Gasteiger partial charge is 0.243 e.